The Labute approximate surface area is 115 Å². The van der Waals surface area contributed by atoms with Crippen molar-refractivity contribution in [2.24, 2.45) is 0 Å². The Morgan fingerprint density at radius 3 is 2.20 bits per heavy atom. The van der Waals surface area contributed by atoms with Crippen molar-refractivity contribution in [2.75, 3.05) is 20.3 Å². The zero-order valence-electron chi connectivity index (χ0n) is 11.1. The first kappa shape index (κ1) is 15.3. The summed E-state index contributed by atoms with van der Waals surface area (Å²) in [5.74, 6) is 0. The summed E-state index contributed by atoms with van der Waals surface area (Å²) in [6.07, 6.45) is -4.34. The maximum atomic E-state index is 12.5. The Morgan fingerprint density at radius 1 is 1.20 bits per heavy atom. The SMILES string of the molecule is COC1(C(O)c2ccc(C(F)(F)F)cc2)CCOCC1. The van der Waals surface area contributed by atoms with Crippen LogP contribution in [0.5, 0.6) is 0 Å². The van der Waals surface area contributed by atoms with E-state index >= 15 is 0 Å². The van der Waals surface area contributed by atoms with Gasteiger partial charge >= 0.3 is 6.18 Å². The average molecular weight is 290 g/mol. The second kappa shape index (κ2) is 5.71. The van der Waals surface area contributed by atoms with Crippen molar-refractivity contribution >= 4 is 0 Å². The zero-order valence-corrected chi connectivity index (χ0v) is 11.1. The van der Waals surface area contributed by atoms with E-state index in [4.69, 9.17) is 9.47 Å². The molecule has 3 nitrogen and oxygen atoms in total. The van der Waals surface area contributed by atoms with E-state index in [-0.39, 0.29) is 0 Å². The molecule has 0 spiro atoms. The first-order valence-corrected chi connectivity index (χ1v) is 6.37. The van der Waals surface area contributed by atoms with Gasteiger partial charge in [0.25, 0.3) is 0 Å². The number of hydrogen-bond donors (Lipinski definition) is 1. The minimum absolute atomic E-state index is 0.418. The van der Waals surface area contributed by atoms with Crippen LogP contribution in [0.15, 0.2) is 24.3 Å². The fraction of sp³-hybridized carbons (Fsp3) is 0.571. The summed E-state index contributed by atoms with van der Waals surface area (Å²) in [5, 5.41) is 10.4. The largest absolute Gasteiger partial charge is 0.416 e. The van der Waals surface area contributed by atoms with Crippen molar-refractivity contribution < 1.29 is 27.8 Å². The fourth-order valence-corrected chi connectivity index (χ4v) is 2.46. The minimum Gasteiger partial charge on any atom is -0.385 e. The highest BCUT2D eigenvalue weighted by atomic mass is 19.4. The Bertz CT molecular complexity index is 436. The number of ether oxygens (including phenoxy) is 2. The Morgan fingerprint density at radius 2 is 1.75 bits per heavy atom. The van der Waals surface area contributed by atoms with Crippen LogP contribution in [0.3, 0.4) is 0 Å². The van der Waals surface area contributed by atoms with Gasteiger partial charge < -0.3 is 14.6 Å². The Kier molecular flexibility index (Phi) is 4.36. The Hall–Kier alpha value is -1.11. The monoisotopic (exact) mass is 290 g/mol. The van der Waals surface area contributed by atoms with Crippen LogP contribution in [0.4, 0.5) is 13.2 Å². The molecule has 1 heterocycles. The first-order valence-electron chi connectivity index (χ1n) is 6.37. The van der Waals surface area contributed by atoms with Crippen LogP contribution < -0.4 is 0 Å². The number of hydrogen-bond acceptors (Lipinski definition) is 3. The summed E-state index contributed by atoms with van der Waals surface area (Å²) in [6, 6.07) is 4.54. The lowest BCUT2D eigenvalue weighted by molar-refractivity contribution is -0.154. The van der Waals surface area contributed by atoms with Crippen LogP contribution in [0.1, 0.15) is 30.1 Å². The highest BCUT2D eigenvalue weighted by Gasteiger charge is 2.41. The quantitative estimate of drug-likeness (QED) is 0.930. The molecule has 0 radical (unpaired) electrons. The van der Waals surface area contributed by atoms with Gasteiger partial charge in [-0.1, -0.05) is 12.1 Å². The predicted molar refractivity (Wildman–Crippen MR) is 66.2 cm³/mol. The van der Waals surface area contributed by atoms with Crippen molar-refractivity contribution in [3.05, 3.63) is 35.4 Å². The summed E-state index contributed by atoms with van der Waals surface area (Å²) in [5.41, 5.74) is -1.11. The van der Waals surface area contributed by atoms with Crippen LogP contribution in [-0.2, 0) is 15.7 Å². The van der Waals surface area contributed by atoms with Crippen LogP contribution in [0.2, 0.25) is 0 Å². The third-order valence-corrected chi connectivity index (χ3v) is 3.80. The normalized spacial score (nSPS) is 20.6. The first-order chi connectivity index (χ1) is 9.39. The maximum Gasteiger partial charge on any atom is 0.416 e. The standard InChI is InChI=1S/C14H17F3O3/c1-19-13(6-8-20-9-7-13)12(18)10-2-4-11(5-3-10)14(15,16)17/h2-5,12,18H,6-9H2,1H3. The molecule has 2 rings (SSSR count). The van der Waals surface area contributed by atoms with Gasteiger partial charge in [-0.2, -0.15) is 13.2 Å². The summed E-state index contributed by atoms with van der Waals surface area (Å²) < 4.78 is 48.2. The molecule has 1 atom stereocenters. The van der Waals surface area contributed by atoms with E-state index in [1.807, 2.05) is 0 Å². The number of aliphatic hydroxyl groups is 1. The van der Waals surface area contributed by atoms with Crippen molar-refractivity contribution in [3.63, 3.8) is 0 Å². The fourth-order valence-electron chi connectivity index (χ4n) is 2.46. The highest BCUT2D eigenvalue weighted by molar-refractivity contribution is 5.27. The number of aliphatic hydroxyl groups excluding tert-OH is 1. The maximum absolute atomic E-state index is 12.5. The van der Waals surface area contributed by atoms with E-state index in [0.717, 1.165) is 12.1 Å². The van der Waals surface area contributed by atoms with Crippen molar-refractivity contribution in [2.45, 2.75) is 30.7 Å². The third kappa shape index (κ3) is 2.97. The van der Waals surface area contributed by atoms with Gasteiger partial charge in [0.15, 0.2) is 0 Å². The number of halogens is 3. The van der Waals surface area contributed by atoms with Gasteiger partial charge in [0.1, 0.15) is 11.7 Å². The molecule has 1 aliphatic heterocycles. The average Bonchev–Trinajstić information content (AvgIpc) is 2.46. The molecule has 112 valence electrons. The summed E-state index contributed by atoms with van der Waals surface area (Å²) >= 11 is 0. The van der Waals surface area contributed by atoms with Crippen LogP contribution in [-0.4, -0.2) is 31.0 Å². The van der Waals surface area contributed by atoms with E-state index in [1.54, 1.807) is 0 Å². The van der Waals surface area contributed by atoms with Crippen molar-refractivity contribution in [1.82, 2.24) is 0 Å². The minimum atomic E-state index is -4.37. The molecular formula is C14H17F3O3. The van der Waals surface area contributed by atoms with Crippen LogP contribution >= 0.6 is 0 Å². The Balaban J connectivity index is 2.21. The van der Waals surface area contributed by atoms with E-state index in [2.05, 4.69) is 0 Å². The van der Waals surface area contributed by atoms with Gasteiger partial charge in [-0.05, 0) is 17.7 Å². The molecule has 1 aliphatic rings. The third-order valence-electron chi connectivity index (χ3n) is 3.80. The molecular weight excluding hydrogens is 273 g/mol. The van der Waals surface area contributed by atoms with Crippen molar-refractivity contribution in [1.29, 1.82) is 0 Å². The molecule has 0 aliphatic carbocycles. The predicted octanol–water partition coefficient (Wildman–Crippen LogP) is 2.93. The molecule has 1 aromatic carbocycles. The van der Waals surface area contributed by atoms with Crippen LogP contribution in [0, 0.1) is 0 Å². The number of alkyl halides is 3. The molecule has 0 aromatic heterocycles. The second-order valence-corrected chi connectivity index (χ2v) is 4.90. The number of methoxy groups -OCH3 is 1. The molecule has 1 fully saturated rings. The molecule has 20 heavy (non-hydrogen) atoms. The summed E-state index contributed by atoms with van der Waals surface area (Å²) in [4.78, 5) is 0. The molecule has 0 amide bonds. The summed E-state index contributed by atoms with van der Waals surface area (Å²) in [7, 11) is 1.50. The molecule has 0 bridgehead atoms. The van der Waals surface area contributed by atoms with Gasteiger partial charge in [0.05, 0.1) is 5.56 Å². The zero-order chi connectivity index (χ0) is 14.8. The summed E-state index contributed by atoms with van der Waals surface area (Å²) in [6.45, 7) is 0.928. The highest BCUT2D eigenvalue weighted by Crippen LogP contribution is 2.38. The van der Waals surface area contributed by atoms with Gasteiger partial charge in [-0.15, -0.1) is 0 Å². The van der Waals surface area contributed by atoms with E-state index in [0.29, 0.717) is 31.6 Å². The molecule has 6 heteroatoms. The molecule has 1 aromatic rings. The molecule has 0 saturated carbocycles. The van der Waals surface area contributed by atoms with Gasteiger partial charge in [0, 0.05) is 33.2 Å². The lowest BCUT2D eigenvalue weighted by Gasteiger charge is -2.39. The lowest BCUT2D eigenvalue weighted by atomic mass is 9.84. The second-order valence-electron chi connectivity index (χ2n) is 4.90. The topological polar surface area (TPSA) is 38.7 Å². The lowest BCUT2D eigenvalue weighted by Crippen LogP contribution is -2.43. The molecule has 1 saturated heterocycles. The smallest absolute Gasteiger partial charge is 0.385 e. The van der Waals surface area contributed by atoms with Crippen LogP contribution in [0.25, 0.3) is 0 Å². The van der Waals surface area contributed by atoms with Gasteiger partial charge in [-0.25, -0.2) is 0 Å². The van der Waals surface area contributed by atoms with E-state index in [1.165, 1.54) is 19.2 Å². The number of benzene rings is 1. The van der Waals surface area contributed by atoms with E-state index in [9.17, 15) is 18.3 Å². The van der Waals surface area contributed by atoms with Crippen molar-refractivity contribution in [3.8, 4) is 0 Å². The van der Waals surface area contributed by atoms with Gasteiger partial charge in [-0.3, -0.25) is 0 Å². The molecule has 1 N–H and O–H groups in total. The van der Waals surface area contributed by atoms with Gasteiger partial charge in [0.2, 0.25) is 0 Å². The molecule has 1 unspecified atom stereocenters. The van der Waals surface area contributed by atoms with E-state index < -0.39 is 23.4 Å². The number of rotatable bonds is 3.